The van der Waals surface area contributed by atoms with E-state index >= 15 is 0 Å². The van der Waals surface area contributed by atoms with Crippen LogP contribution in [0.5, 0.6) is 0 Å². The minimum absolute atomic E-state index is 0.0444. The van der Waals surface area contributed by atoms with Crippen LogP contribution in [-0.4, -0.2) is 27.4 Å². The van der Waals surface area contributed by atoms with Crippen LogP contribution >= 0.6 is 11.8 Å². The molecule has 6 heteroatoms. The molecule has 1 amide bonds. The van der Waals surface area contributed by atoms with E-state index in [0.29, 0.717) is 6.42 Å². The van der Waals surface area contributed by atoms with Gasteiger partial charge < -0.3 is 9.84 Å². The molecule has 0 bridgehead atoms. The first-order chi connectivity index (χ1) is 9.58. The molecule has 2 aliphatic heterocycles. The van der Waals surface area contributed by atoms with Crippen LogP contribution in [0, 0.1) is 5.92 Å². The van der Waals surface area contributed by atoms with Gasteiger partial charge in [0.05, 0.1) is 5.92 Å². The molecule has 1 fully saturated rings. The molecule has 1 N–H and O–H groups in total. The third-order valence-electron chi connectivity index (χ3n) is 3.45. The van der Waals surface area contributed by atoms with Crippen LogP contribution < -0.4 is 0 Å². The highest BCUT2D eigenvalue weighted by molar-refractivity contribution is 8.04. The number of amides is 1. The average molecular weight is 291 g/mol. The number of nitrogens with zero attached hydrogens (tertiary/aromatic N) is 1. The molecule has 2 atom stereocenters. The second kappa shape index (κ2) is 4.86. The number of ether oxygens (including phenoxy) is 1. The predicted molar refractivity (Wildman–Crippen MR) is 73.7 cm³/mol. The largest absolute Gasteiger partial charge is 0.512 e. The maximum absolute atomic E-state index is 12.2. The molecule has 0 spiro atoms. The predicted octanol–water partition coefficient (Wildman–Crippen LogP) is 2.64. The standard InChI is InChI=1S/C14H13NO4S/c1-8-12(19-14(17)18)15-11(16)10(13(15)20-8)7-9-5-3-2-4-6-9/h2-6,10,13H,7H2,1H3,(H,17,18)/t10?,13-/m0/s1. The van der Waals surface area contributed by atoms with E-state index in [1.807, 2.05) is 30.3 Å². The lowest BCUT2D eigenvalue weighted by molar-refractivity contribution is -0.149. The van der Waals surface area contributed by atoms with Crippen molar-refractivity contribution >= 4 is 23.8 Å². The summed E-state index contributed by atoms with van der Waals surface area (Å²) in [6, 6.07) is 9.81. The Morgan fingerprint density at radius 3 is 2.75 bits per heavy atom. The van der Waals surface area contributed by atoms with Gasteiger partial charge in [0, 0.05) is 4.91 Å². The molecule has 0 saturated carbocycles. The summed E-state index contributed by atoms with van der Waals surface area (Å²) in [5.41, 5.74) is 1.11. The van der Waals surface area contributed by atoms with Crippen molar-refractivity contribution in [1.29, 1.82) is 0 Å². The second-order valence-corrected chi connectivity index (χ2v) is 6.07. The molecule has 20 heavy (non-hydrogen) atoms. The molecule has 2 heterocycles. The Morgan fingerprint density at radius 2 is 2.10 bits per heavy atom. The smallest absolute Gasteiger partial charge is 0.449 e. The van der Waals surface area contributed by atoms with Gasteiger partial charge in [-0.15, -0.1) is 0 Å². The fourth-order valence-corrected chi connectivity index (χ4v) is 3.82. The van der Waals surface area contributed by atoms with E-state index in [1.165, 1.54) is 16.7 Å². The van der Waals surface area contributed by atoms with Crippen molar-refractivity contribution < 1.29 is 19.4 Å². The highest BCUT2D eigenvalue weighted by atomic mass is 32.2. The van der Waals surface area contributed by atoms with Crippen LogP contribution in [0.2, 0.25) is 0 Å². The molecule has 1 unspecified atom stereocenters. The highest BCUT2D eigenvalue weighted by Crippen LogP contribution is 2.50. The van der Waals surface area contributed by atoms with Gasteiger partial charge in [0.15, 0.2) is 0 Å². The number of rotatable bonds is 3. The van der Waals surface area contributed by atoms with E-state index in [4.69, 9.17) is 9.84 Å². The number of allylic oxidation sites excluding steroid dienone is 1. The molecular weight excluding hydrogens is 278 g/mol. The molecule has 0 aliphatic carbocycles. The fraction of sp³-hybridized carbons (Fsp3) is 0.286. The lowest BCUT2D eigenvalue weighted by Gasteiger charge is -2.42. The van der Waals surface area contributed by atoms with E-state index in [0.717, 1.165) is 10.5 Å². The Labute approximate surface area is 120 Å². The zero-order valence-electron chi connectivity index (χ0n) is 10.8. The first kappa shape index (κ1) is 13.1. The zero-order valence-corrected chi connectivity index (χ0v) is 11.6. The van der Waals surface area contributed by atoms with Crippen molar-refractivity contribution in [2.24, 2.45) is 5.92 Å². The van der Waals surface area contributed by atoms with Crippen LogP contribution in [0.3, 0.4) is 0 Å². The lowest BCUT2D eigenvalue weighted by atomic mass is 9.91. The maximum Gasteiger partial charge on any atom is 0.512 e. The quantitative estimate of drug-likeness (QED) is 0.685. The van der Waals surface area contributed by atoms with Crippen molar-refractivity contribution in [2.45, 2.75) is 18.7 Å². The fourth-order valence-electron chi connectivity index (χ4n) is 2.54. The third-order valence-corrected chi connectivity index (χ3v) is 4.76. The van der Waals surface area contributed by atoms with Crippen LogP contribution in [0.15, 0.2) is 41.1 Å². The SMILES string of the molecule is CC1=C(OC(=O)O)N2C(=O)C(Cc3ccccc3)[C@@H]2S1. The molecule has 104 valence electrons. The monoisotopic (exact) mass is 291 g/mol. The van der Waals surface area contributed by atoms with Gasteiger partial charge in [0.2, 0.25) is 11.8 Å². The van der Waals surface area contributed by atoms with Crippen molar-refractivity contribution in [1.82, 2.24) is 4.90 Å². The van der Waals surface area contributed by atoms with Crippen molar-refractivity contribution in [3.05, 3.63) is 46.7 Å². The Bertz CT molecular complexity index is 598. The van der Waals surface area contributed by atoms with Gasteiger partial charge in [-0.2, -0.15) is 0 Å². The van der Waals surface area contributed by atoms with Gasteiger partial charge in [0.25, 0.3) is 0 Å². The van der Waals surface area contributed by atoms with Crippen LogP contribution in [-0.2, 0) is 16.0 Å². The highest BCUT2D eigenvalue weighted by Gasteiger charge is 2.54. The molecule has 2 aliphatic rings. The summed E-state index contributed by atoms with van der Waals surface area (Å²) in [6.07, 6.45) is -0.721. The summed E-state index contributed by atoms with van der Waals surface area (Å²) >= 11 is 1.49. The summed E-state index contributed by atoms with van der Waals surface area (Å²) in [7, 11) is 0. The summed E-state index contributed by atoms with van der Waals surface area (Å²) in [6.45, 7) is 1.77. The number of carbonyl (C=O) groups is 2. The number of carbonyl (C=O) groups excluding carboxylic acids is 1. The first-order valence-electron chi connectivity index (χ1n) is 6.23. The number of β-lactam (4-membered cyclic amide) rings is 1. The summed E-state index contributed by atoms with van der Waals surface area (Å²) < 4.78 is 4.71. The molecule has 5 nitrogen and oxygen atoms in total. The molecule has 3 rings (SSSR count). The van der Waals surface area contributed by atoms with Crippen molar-refractivity contribution in [3.63, 3.8) is 0 Å². The van der Waals surface area contributed by atoms with E-state index in [-0.39, 0.29) is 23.1 Å². The molecule has 1 aromatic rings. The number of carboxylic acid groups (broad SMARTS) is 1. The Kier molecular flexibility index (Phi) is 3.17. The Hall–Kier alpha value is -1.95. The number of thioether (sulfide) groups is 1. The maximum atomic E-state index is 12.2. The lowest BCUT2D eigenvalue weighted by Crippen LogP contribution is -2.57. The summed E-state index contributed by atoms with van der Waals surface area (Å²) in [4.78, 5) is 25.0. The molecule has 0 radical (unpaired) electrons. The van der Waals surface area contributed by atoms with Gasteiger partial charge in [-0.05, 0) is 18.9 Å². The van der Waals surface area contributed by atoms with Crippen molar-refractivity contribution in [2.75, 3.05) is 0 Å². The van der Waals surface area contributed by atoms with Gasteiger partial charge in [-0.1, -0.05) is 42.1 Å². The summed E-state index contributed by atoms with van der Waals surface area (Å²) in [5, 5.41) is 8.66. The van der Waals surface area contributed by atoms with Crippen LogP contribution in [0.1, 0.15) is 12.5 Å². The van der Waals surface area contributed by atoms with Crippen molar-refractivity contribution in [3.8, 4) is 0 Å². The molecule has 1 aromatic carbocycles. The minimum atomic E-state index is -1.39. The van der Waals surface area contributed by atoms with E-state index < -0.39 is 6.16 Å². The number of hydrogen-bond acceptors (Lipinski definition) is 4. The van der Waals surface area contributed by atoms with E-state index in [1.54, 1.807) is 6.92 Å². The topological polar surface area (TPSA) is 66.8 Å². The zero-order chi connectivity index (χ0) is 14.3. The normalized spacial score (nSPS) is 24.4. The number of benzene rings is 1. The second-order valence-electron chi connectivity index (χ2n) is 4.74. The molecular formula is C14H13NO4S. The Morgan fingerprint density at radius 1 is 1.40 bits per heavy atom. The minimum Gasteiger partial charge on any atom is -0.449 e. The van der Waals surface area contributed by atoms with Gasteiger partial charge in [-0.25, -0.2) is 4.79 Å². The third kappa shape index (κ3) is 2.06. The van der Waals surface area contributed by atoms with Crippen LogP contribution in [0.25, 0.3) is 0 Å². The summed E-state index contributed by atoms with van der Waals surface area (Å²) in [5.74, 6) is -0.0199. The van der Waals surface area contributed by atoms with Gasteiger partial charge in [-0.3, -0.25) is 9.69 Å². The molecule has 1 saturated heterocycles. The average Bonchev–Trinajstić information content (AvgIpc) is 2.70. The Balaban J connectivity index is 1.73. The van der Waals surface area contributed by atoms with Gasteiger partial charge >= 0.3 is 6.16 Å². The number of fused-ring (bicyclic) bond motifs is 1. The van der Waals surface area contributed by atoms with E-state index in [2.05, 4.69) is 0 Å². The number of hydrogen-bond donors (Lipinski definition) is 1. The first-order valence-corrected chi connectivity index (χ1v) is 7.11. The molecule has 0 aromatic heterocycles. The van der Waals surface area contributed by atoms with Crippen LogP contribution in [0.4, 0.5) is 4.79 Å². The van der Waals surface area contributed by atoms with E-state index in [9.17, 15) is 9.59 Å². The van der Waals surface area contributed by atoms with Gasteiger partial charge in [0.1, 0.15) is 5.37 Å².